The number of epoxide rings is 1. The third kappa shape index (κ3) is 1.71. The van der Waals surface area contributed by atoms with Gasteiger partial charge in [0.05, 0.1) is 0 Å². The lowest BCUT2D eigenvalue weighted by atomic mass is 10.2. The van der Waals surface area contributed by atoms with Crippen molar-refractivity contribution in [1.29, 1.82) is 0 Å². The van der Waals surface area contributed by atoms with Gasteiger partial charge in [0.1, 0.15) is 17.9 Å². The fraction of sp³-hybridized carbons (Fsp3) is 0.182. The van der Waals surface area contributed by atoms with Gasteiger partial charge in [-0.1, -0.05) is 0 Å². The molecule has 0 saturated carbocycles. The molecule has 1 unspecified atom stereocenters. The second-order valence-electron chi connectivity index (χ2n) is 3.33. The molecule has 0 aliphatic carbocycles. The summed E-state index contributed by atoms with van der Waals surface area (Å²) in [5.74, 6) is 0.652. The van der Waals surface area contributed by atoms with E-state index in [1.54, 1.807) is 12.1 Å². The molecule has 1 saturated heterocycles. The zero-order chi connectivity index (χ0) is 10.3. The first-order valence-corrected chi connectivity index (χ1v) is 4.63. The second kappa shape index (κ2) is 3.10. The van der Waals surface area contributed by atoms with Crippen LogP contribution < -0.4 is 10.4 Å². The van der Waals surface area contributed by atoms with Gasteiger partial charge in [0.15, 0.2) is 0 Å². The van der Waals surface area contributed by atoms with Crippen molar-refractivity contribution in [2.24, 2.45) is 0 Å². The van der Waals surface area contributed by atoms with Crippen LogP contribution in [0.2, 0.25) is 0 Å². The maximum Gasteiger partial charge on any atom is 0.336 e. The summed E-state index contributed by atoms with van der Waals surface area (Å²) in [6, 6.07) is 8.48. The average Bonchev–Trinajstić information content (AvgIpc) is 3.01. The van der Waals surface area contributed by atoms with E-state index in [2.05, 4.69) is 0 Å². The molecule has 0 amide bonds. The van der Waals surface area contributed by atoms with Gasteiger partial charge in [0.2, 0.25) is 6.29 Å². The van der Waals surface area contributed by atoms with Gasteiger partial charge in [-0.05, 0) is 18.2 Å². The first kappa shape index (κ1) is 8.49. The monoisotopic (exact) mass is 204 g/mol. The molecule has 3 rings (SSSR count). The summed E-state index contributed by atoms with van der Waals surface area (Å²) in [5.41, 5.74) is 0.169. The van der Waals surface area contributed by atoms with Crippen molar-refractivity contribution in [3.63, 3.8) is 0 Å². The van der Waals surface area contributed by atoms with Crippen molar-refractivity contribution in [2.45, 2.75) is 6.29 Å². The van der Waals surface area contributed by atoms with Gasteiger partial charge >= 0.3 is 5.63 Å². The van der Waals surface area contributed by atoms with E-state index in [9.17, 15) is 4.79 Å². The van der Waals surface area contributed by atoms with Crippen LogP contribution in [0.4, 0.5) is 0 Å². The molecule has 1 aromatic heterocycles. The largest absolute Gasteiger partial charge is 0.462 e. The van der Waals surface area contributed by atoms with Crippen molar-refractivity contribution in [1.82, 2.24) is 0 Å². The van der Waals surface area contributed by atoms with E-state index >= 15 is 0 Å². The van der Waals surface area contributed by atoms with Gasteiger partial charge in [-0.3, -0.25) is 0 Å². The van der Waals surface area contributed by atoms with Gasteiger partial charge in [-0.25, -0.2) is 4.79 Å². The summed E-state index contributed by atoms with van der Waals surface area (Å²) in [4.78, 5) is 11.0. The first-order valence-electron chi connectivity index (χ1n) is 4.63. The van der Waals surface area contributed by atoms with E-state index in [0.29, 0.717) is 17.9 Å². The highest BCUT2D eigenvalue weighted by atomic mass is 16.8. The number of benzene rings is 1. The quantitative estimate of drug-likeness (QED) is 0.549. The number of ether oxygens (including phenoxy) is 2. The molecular formula is C11H8O4. The highest BCUT2D eigenvalue weighted by Crippen LogP contribution is 2.23. The minimum absolute atomic E-state index is 0.141. The highest BCUT2D eigenvalue weighted by molar-refractivity contribution is 5.77. The first-order chi connectivity index (χ1) is 7.31. The minimum Gasteiger partial charge on any atom is -0.462 e. The molecule has 15 heavy (non-hydrogen) atoms. The van der Waals surface area contributed by atoms with Crippen LogP contribution in [0.3, 0.4) is 0 Å². The summed E-state index contributed by atoms with van der Waals surface area (Å²) in [6.07, 6.45) is -0.141. The van der Waals surface area contributed by atoms with E-state index in [4.69, 9.17) is 13.9 Å². The number of rotatable bonds is 2. The number of hydrogen-bond acceptors (Lipinski definition) is 4. The summed E-state index contributed by atoms with van der Waals surface area (Å²) in [5, 5.41) is 0.874. The Balaban J connectivity index is 2.06. The van der Waals surface area contributed by atoms with Crippen LogP contribution >= 0.6 is 0 Å². The van der Waals surface area contributed by atoms with Crippen LogP contribution in [0.1, 0.15) is 0 Å². The maximum absolute atomic E-state index is 11.0. The summed E-state index contributed by atoms with van der Waals surface area (Å²) < 4.78 is 15.4. The van der Waals surface area contributed by atoms with Gasteiger partial charge in [0, 0.05) is 17.5 Å². The molecule has 2 heterocycles. The van der Waals surface area contributed by atoms with E-state index in [1.165, 1.54) is 6.07 Å². The van der Waals surface area contributed by atoms with Gasteiger partial charge in [0.25, 0.3) is 0 Å². The molecule has 4 heteroatoms. The Hall–Kier alpha value is -1.81. The Morgan fingerprint density at radius 3 is 2.87 bits per heavy atom. The normalized spacial score (nSPS) is 19.1. The Kier molecular flexibility index (Phi) is 1.76. The summed E-state index contributed by atoms with van der Waals surface area (Å²) in [7, 11) is 0. The average molecular weight is 204 g/mol. The van der Waals surface area contributed by atoms with E-state index in [1.807, 2.05) is 12.1 Å². The smallest absolute Gasteiger partial charge is 0.336 e. The molecule has 1 aromatic carbocycles. The molecule has 1 fully saturated rings. The lowest BCUT2D eigenvalue weighted by Gasteiger charge is -2.02. The summed E-state index contributed by atoms with van der Waals surface area (Å²) >= 11 is 0. The van der Waals surface area contributed by atoms with Crippen LogP contribution in [-0.2, 0) is 4.74 Å². The van der Waals surface area contributed by atoms with Crippen LogP contribution in [0.5, 0.6) is 5.75 Å². The Bertz CT molecular complexity index is 554. The molecule has 0 bridgehead atoms. The predicted octanol–water partition coefficient (Wildman–Crippen LogP) is 1.53. The van der Waals surface area contributed by atoms with Crippen LogP contribution in [0, 0.1) is 0 Å². The molecule has 0 spiro atoms. The van der Waals surface area contributed by atoms with E-state index < -0.39 is 0 Å². The third-order valence-corrected chi connectivity index (χ3v) is 2.16. The standard InChI is InChI=1S/C11H8O4/c12-10-4-2-7-1-3-8(5-9(7)15-10)14-11-6-13-11/h1-5,11H,6H2. The zero-order valence-electron chi connectivity index (χ0n) is 7.80. The Morgan fingerprint density at radius 1 is 1.27 bits per heavy atom. The molecule has 2 aromatic rings. The zero-order valence-corrected chi connectivity index (χ0v) is 7.80. The minimum atomic E-state index is -0.359. The fourth-order valence-electron chi connectivity index (χ4n) is 1.37. The van der Waals surface area contributed by atoms with Gasteiger partial charge < -0.3 is 13.9 Å². The Morgan fingerprint density at radius 2 is 2.07 bits per heavy atom. The predicted molar refractivity (Wildman–Crippen MR) is 52.9 cm³/mol. The van der Waals surface area contributed by atoms with Crippen molar-refractivity contribution in [3.05, 3.63) is 40.8 Å². The summed E-state index contributed by atoms with van der Waals surface area (Å²) in [6.45, 7) is 0.622. The SMILES string of the molecule is O=c1ccc2ccc(OC3CO3)cc2o1. The van der Waals surface area contributed by atoms with Crippen LogP contribution in [-0.4, -0.2) is 12.9 Å². The molecule has 4 nitrogen and oxygen atoms in total. The van der Waals surface area contributed by atoms with E-state index in [-0.39, 0.29) is 11.9 Å². The maximum atomic E-state index is 11.0. The van der Waals surface area contributed by atoms with E-state index in [0.717, 1.165) is 5.39 Å². The van der Waals surface area contributed by atoms with Crippen LogP contribution in [0.25, 0.3) is 11.0 Å². The molecule has 1 aliphatic heterocycles. The molecule has 1 aliphatic rings. The van der Waals surface area contributed by atoms with Crippen LogP contribution in [0.15, 0.2) is 39.5 Å². The Labute approximate surface area is 85.0 Å². The molecule has 1 atom stereocenters. The lowest BCUT2D eigenvalue weighted by molar-refractivity contribution is 0.179. The van der Waals surface area contributed by atoms with Crippen molar-refractivity contribution >= 4 is 11.0 Å². The highest BCUT2D eigenvalue weighted by Gasteiger charge is 2.24. The fourth-order valence-corrected chi connectivity index (χ4v) is 1.37. The molecule has 0 radical (unpaired) electrons. The molecule has 0 N–H and O–H groups in total. The van der Waals surface area contributed by atoms with Crippen molar-refractivity contribution < 1.29 is 13.9 Å². The van der Waals surface area contributed by atoms with Crippen molar-refractivity contribution in [3.8, 4) is 5.75 Å². The molecule has 76 valence electrons. The number of fused-ring (bicyclic) bond motifs is 1. The molecular weight excluding hydrogens is 196 g/mol. The number of hydrogen-bond donors (Lipinski definition) is 0. The lowest BCUT2D eigenvalue weighted by Crippen LogP contribution is -1.98. The van der Waals surface area contributed by atoms with Gasteiger partial charge in [-0.15, -0.1) is 0 Å². The third-order valence-electron chi connectivity index (χ3n) is 2.16. The van der Waals surface area contributed by atoms with Gasteiger partial charge in [-0.2, -0.15) is 0 Å². The second-order valence-corrected chi connectivity index (χ2v) is 3.33. The topological polar surface area (TPSA) is 52.0 Å². The van der Waals surface area contributed by atoms with Crippen molar-refractivity contribution in [2.75, 3.05) is 6.61 Å².